The van der Waals surface area contributed by atoms with Crippen LogP contribution in [0.15, 0.2) is 55.0 Å². The van der Waals surface area contributed by atoms with Crippen LogP contribution in [0, 0.1) is 0 Å². The first-order valence-corrected chi connectivity index (χ1v) is 8.37. The summed E-state index contributed by atoms with van der Waals surface area (Å²) in [5.74, 6) is 0.912. The number of nitrogens with zero attached hydrogens (tertiary/aromatic N) is 2. The van der Waals surface area contributed by atoms with Gasteiger partial charge in [-0.15, -0.1) is 0 Å². The highest BCUT2D eigenvalue weighted by Crippen LogP contribution is 2.22. The second kappa shape index (κ2) is 6.32. The van der Waals surface area contributed by atoms with E-state index >= 15 is 0 Å². The molecule has 2 heterocycles. The Morgan fingerprint density at radius 2 is 1.96 bits per heavy atom. The van der Waals surface area contributed by atoms with Crippen molar-refractivity contribution in [3.63, 3.8) is 0 Å². The standard InChI is InChI=1S/C20H20N4/c1-2-14-7-8-19-17(11-14)20(24-13-23-19)21-10-9-15-12-22-18-6-4-3-5-16(15)18/h3-8,11-13,22H,2,9-10H2,1H3,(H,21,23,24). The summed E-state index contributed by atoms with van der Waals surface area (Å²) in [6.07, 6.45) is 5.68. The lowest BCUT2D eigenvalue weighted by Gasteiger charge is -2.09. The first-order chi connectivity index (χ1) is 11.8. The van der Waals surface area contributed by atoms with Crippen LogP contribution in [0.1, 0.15) is 18.1 Å². The van der Waals surface area contributed by atoms with E-state index in [0.29, 0.717) is 0 Å². The lowest BCUT2D eigenvalue weighted by Crippen LogP contribution is -2.07. The monoisotopic (exact) mass is 316 g/mol. The molecule has 0 aliphatic carbocycles. The van der Waals surface area contributed by atoms with Gasteiger partial charge in [-0.05, 0) is 42.2 Å². The molecule has 0 saturated heterocycles. The summed E-state index contributed by atoms with van der Waals surface area (Å²) in [6.45, 7) is 3.00. The minimum absolute atomic E-state index is 0.838. The molecular formula is C20H20N4. The third-order valence-corrected chi connectivity index (χ3v) is 4.47. The molecule has 120 valence electrons. The fourth-order valence-corrected chi connectivity index (χ4v) is 3.12. The van der Waals surface area contributed by atoms with Gasteiger partial charge in [0.1, 0.15) is 12.1 Å². The molecule has 0 saturated carbocycles. The van der Waals surface area contributed by atoms with Crippen molar-refractivity contribution in [3.8, 4) is 0 Å². The number of hydrogen-bond acceptors (Lipinski definition) is 3. The smallest absolute Gasteiger partial charge is 0.137 e. The van der Waals surface area contributed by atoms with Crippen molar-refractivity contribution < 1.29 is 0 Å². The van der Waals surface area contributed by atoms with Gasteiger partial charge in [0, 0.05) is 29.0 Å². The second-order valence-corrected chi connectivity index (χ2v) is 5.96. The summed E-state index contributed by atoms with van der Waals surface area (Å²) in [7, 11) is 0. The van der Waals surface area contributed by atoms with E-state index in [2.05, 4.69) is 75.9 Å². The van der Waals surface area contributed by atoms with E-state index in [1.54, 1.807) is 6.33 Å². The third-order valence-electron chi connectivity index (χ3n) is 4.47. The molecule has 0 fully saturated rings. The molecule has 0 spiro atoms. The fourth-order valence-electron chi connectivity index (χ4n) is 3.12. The maximum absolute atomic E-state index is 4.43. The van der Waals surface area contributed by atoms with Crippen molar-refractivity contribution in [1.82, 2.24) is 15.0 Å². The van der Waals surface area contributed by atoms with Crippen LogP contribution < -0.4 is 5.32 Å². The Bertz CT molecular complexity index is 987. The van der Waals surface area contributed by atoms with Gasteiger partial charge < -0.3 is 10.3 Å². The lowest BCUT2D eigenvalue weighted by atomic mass is 10.1. The van der Waals surface area contributed by atoms with Gasteiger partial charge in [-0.1, -0.05) is 31.2 Å². The number of fused-ring (bicyclic) bond motifs is 2. The van der Waals surface area contributed by atoms with Crippen molar-refractivity contribution >= 4 is 27.6 Å². The van der Waals surface area contributed by atoms with E-state index in [0.717, 1.165) is 36.1 Å². The summed E-state index contributed by atoms with van der Waals surface area (Å²) in [6, 6.07) is 14.8. The summed E-state index contributed by atoms with van der Waals surface area (Å²) in [5.41, 5.74) is 4.80. The number of para-hydroxylation sites is 1. The highest BCUT2D eigenvalue weighted by molar-refractivity contribution is 5.89. The van der Waals surface area contributed by atoms with Gasteiger partial charge in [0.15, 0.2) is 0 Å². The van der Waals surface area contributed by atoms with E-state index in [-0.39, 0.29) is 0 Å². The van der Waals surface area contributed by atoms with Gasteiger partial charge in [0.05, 0.1) is 5.52 Å². The normalized spacial score (nSPS) is 11.2. The Morgan fingerprint density at radius 1 is 1.04 bits per heavy atom. The minimum atomic E-state index is 0.838. The molecule has 4 aromatic rings. The van der Waals surface area contributed by atoms with Gasteiger partial charge in [0.2, 0.25) is 0 Å². The Morgan fingerprint density at radius 3 is 2.88 bits per heavy atom. The van der Waals surface area contributed by atoms with Gasteiger partial charge in [0.25, 0.3) is 0 Å². The van der Waals surface area contributed by atoms with Crippen LogP contribution in [0.25, 0.3) is 21.8 Å². The molecule has 4 nitrogen and oxygen atoms in total. The zero-order valence-corrected chi connectivity index (χ0v) is 13.7. The molecule has 24 heavy (non-hydrogen) atoms. The second-order valence-electron chi connectivity index (χ2n) is 5.96. The SMILES string of the molecule is CCc1ccc2ncnc(NCCc3c[nH]c4ccccc34)c2c1. The molecule has 0 aliphatic rings. The van der Waals surface area contributed by atoms with Crippen molar-refractivity contribution in [2.75, 3.05) is 11.9 Å². The van der Waals surface area contributed by atoms with E-state index in [1.807, 2.05) is 0 Å². The number of nitrogens with one attached hydrogen (secondary N) is 2. The first kappa shape index (κ1) is 14.7. The van der Waals surface area contributed by atoms with Crippen LogP contribution in [-0.2, 0) is 12.8 Å². The quantitative estimate of drug-likeness (QED) is 0.576. The zero-order chi connectivity index (χ0) is 16.4. The number of aromatic nitrogens is 3. The van der Waals surface area contributed by atoms with Crippen LogP contribution in [0.4, 0.5) is 5.82 Å². The molecule has 0 unspecified atom stereocenters. The molecule has 0 aliphatic heterocycles. The van der Waals surface area contributed by atoms with Gasteiger partial charge in [-0.25, -0.2) is 9.97 Å². The van der Waals surface area contributed by atoms with E-state index < -0.39 is 0 Å². The maximum atomic E-state index is 4.43. The molecule has 0 radical (unpaired) electrons. The van der Waals surface area contributed by atoms with Gasteiger partial charge >= 0.3 is 0 Å². The molecule has 2 aromatic carbocycles. The molecule has 2 N–H and O–H groups in total. The number of aryl methyl sites for hydroxylation is 1. The predicted octanol–water partition coefficient (Wildman–Crippen LogP) is 4.33. The summed E-state index contributed by atoms with van der Waals surface area (Å²) >= 11 is 0. The molecule has 0 amide bonds. The van der Waals surface area contributed by atoms with E-state index in [9.17, 15) is 0 Å². The predicted molar refractivity (Wildman–Crippen MR) is 99.4 cm³/mol. The molecule has 2 aromatic heterocycles. The van der Waals surface area contributed by atoms with Crippen LogP contribution in [0.3, 0.4) is 0 Å². The third kappa shape index (κ3) is 2.71. The Hall–Kier alpha value is -2.88. The zero-order valence-electron chi connectivity index (χ0n) is 13.7. The van der Waals surface area contributed by atoms with E-state index in [1.165, 1.54) is 22.0 Å². The number of benzene rings is 2. The molecule has 0 atom stereocenters. The summed E-state index contributed by atoms with van der Waals surface area (Å²) in [5, 5.41) is 5.86. The average Bonchev–Trinajstić information content (AvgIpc) is 3.05. The fraction of sp³-hybridized carbons (Fsp3) is 0.200. The van der Waals surface area contributed by atoms with Crippen molar-refractivity contribution in [2.24, 2.45) is 0 Å². The molecule has 4 rings (SSSR count). The van der Waals surface area contributed by atoms with Crippen LogP contribution in [-0.4, -0.2) is 21.5 Å². The van der Waals surface area contributed by atoms with Crippen LogP contribution >= 0.6 is 0 Å². The Balaban J connectivity index is 1.54. The summed E-state index contributed by atoms with van der Waals surface area (Å²) < 4.78 is 0. The molecule has 4 heteroatoms. The number of anilines is 1. The van der Waals surface area contributed by atoms with Crippen molar-refractivity contribution in [2.45, 2.75) is 19.8 Å². The van der Waals surface area contributed by atoms with Crippen molar-refractivity contribution in [1.29, 1.82) is 0 Å². The van der Waals surface area contributed by atoms with Crippen LogP contribution in [0.2, 0.25) is 0 Å². The Kier molecular flexibility index (Phi) is 3.87. The number of rotatable bonds is 5. The number of H-pyrrole nitrogens is 1. The van der Waals surface area contributed by atoms with Crippen molar-refractivity contribution in [3.05, 3.63) is 66.1 Å². The molecular weight excluding hydrogens is 296 g/mol. The highest BCUT2D eigenvalue weighted by Gasteiger charge is 2.06. The van der Waals surface area contributed by atoms with E-state index in [4.69, 9.17) is 0 Å². The maximum Gasteiger partial charge on any atom is 0.137 e. The first-order valence-electron chi connectivity index (χ1n) is 8.37. The highest BCUT2D eigenvalue weighted by atomic mass is 15.0. The number of aromatic amines is 1. The summed E-state index contributed by atoms with van der Waals surface area (Å²) in [4.78, 5) is 12.1. The molecule has 0 bridgehead atoms. The largest absolute Gasteiger partial charge is 0.369 e. The topological polar surface area (TPSA) is 53.6 Å². The number of hydrogen-bond donors (Lipinski definition) is 2. The van der Waals surface area contributed by atoms with Gasteiger partial charge in [-0.2, -0.15) is 0 Å². The van der Waals surface area contributed by atoms with Gasteiger partial charge in [-0.3, -0.25) is 0 Å². The Labute approximate surface area is 141 Å². The minimum Gasteiger partial charge on any atom is -0.369 e. The van der Waals surface area contributed by atoms with Crippen LogP contribution in [0.5, 0.6) is 0 Å². The lowest BCUT2D eigenvalue weighted by molar-refractivity contribution is 1.01. The average molecular weight is 316 g/mol.